The third kappa shape index (κ3) is 1.13. The molecule has 2 aromatic carbocycles. The Kier molecular flexibility index (Phi) is 1.86. The van der Waals surface area contributed by atoms with Crippen molar-refractivity contribution in [3.8, 4) is 0 Å². The molecule has 0 atom stereocenters. The van der Waals surface area contributed by atoms with Gasteiger partial charge in [0.25, 0.3) is 0 Å². The van der Waals surface area contributed by atoms with Crippen LogP contribution in [-0.4, -0.2) is 20.5 Å². The van der Waals surface area contributed by atoms with Crippen LogP contribution < -0.4 is 10.4 Å². The molecular formula is C10H6Si2. The first kappa shape index (κ1) is 7.77. The molecule has 2 aromatic rings. The van der Waals surface area contributed by atoms with E-state index in [0.717, 1.165) is 10.4 Å². The summed E-state index contributed by atoms with van der Waals surface area (Å²) in [6.45, 7) is 0. The molecule has 0 aliphatic carbocycles. The van der Waals surface area contributed by atoms with Gasteiger partial charge in [-0.25, -0.2) is 0 Å². The molecule has 0 N–H and O–H groups in total. The average molecular weight is 182 g/mol. The van der Waals surface area contributed by atoms with E-state index in [1.54, 1.807) is 0 Å². The fourth-order valence-corrected chi connectivity index (χ4v) is 1.80. The van der Waals surface area contributed by atoms with Crippen LogP contribution in [0, 0.1) is 0 Å². The molecule has 0 fully saturated rings. The summed E-state index contributed by atoms with van der Waals surface area (Å²) in [5.74, 6) is 0. The third-order valence-corrected chi connectivity index (χ3v) is 3.13. The lowest BCUT2D eigenvalue weighted by molar-refractivity contribution is 1.80. The SMILES string of the molecule is [Si]c1ccc2ccccc2c1[Si]. The van der Waals surface area contributed by atoms with Gasteiger partial charge in [-0.15, -0.1) is 0 Å². The van der Waals surface area contributed by atoms with Crippen LogP contribution in [0.25, 0.3) is 10.8 Å². The van der Waals surface area contributed by atoms with E-state index in [9.17, 15) is 0 Å². The summed E-state index contributed by atoms with van der Waals surface area (Å²) in [5, 5.41) is 4.70. The topological polar surface area (TPSA) is 0 Å². The van der Waals surface area contributed by atoms with Crippen LogP contribution in [-0.2, 0) is 0 Å². The minimum atomic E-state index is 1.09. The Hall–Kier alpha value is -0.866. The fourth-order valence-electron chi connectivity index (χ4n) is 1.27. The van der Waals surface area contributed by atoms with Gasteiger partial charge in [-0.2, -0.15) is 0 Å². The number of fused-ring (bicyclic) bond motifs is 1. The van der Waals surface area contributed by atoms with Crippen LogP contribution in [0.1, 0.15) is 0 Å². The molecule has 0 bridgehead atoms. The monoisotopic (exact) mass is 182 g/mol. The number of rotatable bonds is 0. The van der Waals surface area contributed by atoms with Crippen LogP contribution in [0.2, 0.25) is 0 Å². The maximum Gasteiger partial charge on any atom is 0.0718 e. The maximum absolute atomic E-state index is 3.58. The van der Waals surface area contributed by atoms with E-state index in [-0.39, 0.29) is 0 Å². The van der Waals surface area contributed by atoms with Crippen molar-refractivity contribution in [1.82, 2.24) is 0 Å². The molecule has 2 rings (SSSR count). The maximum atomic E-state index is 3.58. The quantitative estimate of drug-likeness (QED) is 0.518. The first-order valence-corrected chi connectivity index (χ1v) is 4.74. The van der Waals surface area contributed by atoms with Gasteiger partial charge in [0.2, 0.25) is 0 Å². The lowest BCUT2D eigenvalue weighted by atomic mass is 10.1. The van der Waals surface area contributed by atoms with Crippen molar-refractivity contribution >= 4 is 41.6 Å². The number of benzene rings is 2. The molecule has 0 aliphatic heterocycles. The highest BCUT2D eigenvalue weighted by atomic mass is 28.2. The lowest BCUT2D eigenvalue weighted by Gasteiger charge is -2.04. The van der Waals surface area contributed by atoms with E-state index in [1.807, 2.05) is 18.2 Å². The van der Waals surface area contributed by atoms with E-state index in [1.165, 1.54) is 10.8 Å². The molecule has 0 saturated heterocycles. The lowest BCUT2D eigenvalue weighted by Crippen LogP contribution is -2.25. The van der Waals surface area contributed by atoms with Crippen molar-refractivity contribution < 1.29 is 0 Å². The van der Waals surface area contributed by atoms with Gasteiger partial charge in [0.1, 0.15) is 0 Å². The Morgan fingerprint density at radius 1 is 0.833 bits per heavy atom. The predicted octanol–water partition coefficient (Wildman–Crippen LogP) is 0.427. The van der Waals surface area contributed by atoms with Gasteiger partial charge in [0.15, 0.2) is 0 Å². The Balaban J connectivity index is 2.91. The third-order valence-electron chi connectivity index (χ3n) is 1.93. The number of hydrogen-bond acceptors (Lipinski definition) is 0. The highest BCUT2D eigenvalue weighted by molar-refractivity contribution is 6.52. The normalized spacial score (nSPS) is 10.5. The van der Waals surface area contributed by atoms with Gasteiger partial charge in [0.05, 0.1) is 20.5 Å². The van der Waals surface area contributed by atoms with E-state index in [4.69, 9.17) is 0 Å². The summed E-state index contributed by atoms with van der Waals surface area (Å²) in [5.41, 5.74) is 0. The van der Waals surface area contributed by atoms with Gasteiger partial charge in [-0.1, -0.05) is 46.8 Å². The zero-order valence-electron chi connectivity index (χ0n) is 6.46. The van der Waals surface area contributed by atoms with Crippen molar-refractivity contribution in [2.24, 2.45) is 0 Å². The molecule has 0 spiro atoms. The minimum absolute atomic E-state index is 1.09. The molecule has 6 radical (unpaired) electrons. The highest BCUT2D eigenvalue weighted by Crippen LogP contribution is 2.08. The Bertz CT molecular complexity index is 421. The van der Waals surface area contributed by atoms with Gasteiger partial charge in [0, 0.05) is 0 Å². The second kappa shape index (κ2) is 2.88. The molecular weight excluding hydrogens is 176 g/mol. The van der Waals surface area contributed by atoms with Crippen LogP contribution >= 0.6 is 0 Å². The van der Waals surface area contributed by atoms with Gasteiger partial charge in [-0.3, -0.25) is 0 Å². The summed E-state index contributed by atoms with van der Waals surface area (Å²) >= 11 is 0. The Morgan fingerprint density at radius 2 is 1.58 bits per heavy atom. The van der Waals surface area contributed by atoms with Crippen molar-refractivity contribution in [3.05, 3.63) is 36.4 Å². The predicted molar refractivity (Wildman–Crippen MR) is 54.7 cm³/mol. The zero-order valence-corrected chi connectivity index (χ0v) is 8.46. The largest absolute Gasteiger partial charge is 0.0718 e. The van der Waals surface area contributed by atoms with Crippen molar-refractivity contribution in [2.45, 2.75) is 0 Å². The number of hydrogen-bond donors (Lipinski definition) is 0. The first-order chi connectivity index (χ1) is 5.79. The standard InChI is InChI=1S/C10H6Si2/c11-9-6-5-7-3-1-2-4-8(7)10(9)12/h1-6H. The smallest absolute Gasteiger partial charge is 0.0683 e. The van der Waals surface area contributed by atoms with E-state index < -0.39 is 0 Å². The van der Waals surface area contributed by atoms with Crippen LogP contribution in [0.3, 0.4) is 0 Å². The summed E-state index contributed by atoms with van der Waals surface area (Å²) < 4.78 is 0. The average Bonchev–Trinajstić information content (AvgIpc) is 2.12. The van der Waals surface area contributed by atoms with Crippen LogP contribution in [0.15, 0.2) is 36.4 Å². The molecule has 12 heavy (non-hydrogen) atoms. The van der Waals surface area contributed by atoms with E-state index >= 15 is 0 Å². The summed E-state index contributed by atoms with van der Waals surface area (Å²) in [4.78, 5) is 0. The second-order valence-electron chi connectivity index (χ2n) is 2.71. The second-order valence-corrected chi connectivity index (χ2v) is 3.75. The fraction of sp³-hybridized carbons (Fsp3) is 0. The molecule has 0 nitrogen and oxygen atoms in total. The van der Waals surface area contributed by atoms with Crippen LogP contribution in [0.4, 0.5) is 0 Å². The molecule has 0 unspecified atom stereocenters. The summed E-state index contributed by atoms with van der Waals surface area (Å²) in [7, 11) is 7.10. The molecule has 0 aliphatic rings. The van der Waals surface area contributed by atoms with Crippen molar-refractivity contribution in [3.63, 3.8) is 0 Å². The first-order valence-electron chi connectivity index (χ1n) is 3.74. The highest BCUT2D eigenvalue weighted by Gasteiger charge is 1.97. The van der Waals surface area contributed by atoms with Crippen LogP contribution in [0.5, 0.6) is 0 Å². The summed E-state index contributed by atoms with van der Waals surface area (Å²) in [6.07, 6.45) is 0. The molecule has 0 aromatic heterocycles. The van der Waals surface area contributed by atoms with E-state index in [0.29, 0.717) is 0 Å². The van der Waals surface area contributed by atoms with Gasteiger partial charge in [-0.05, 0) is 10.8 Å². The van der Waals surface area contributed by atoms with Crippen molar-refractivity contribution in [2.75, 3.05) is 0 Å². The zero-order chi connectivity index (χ0) is 8.55. The molecule has 0 heterocycles. The Morgan fingerprint density at radius 3 is 2.42 bits per heavy atom. The molecule has 54 valence electrons. The molecule has 0 saturated carbocycles. The molecule has 2 heteroatoms. The Labute approximate surface area is 78.5 Å². The van der Waals surface area contributed by atoms with Gasteiger partial charge >= 0.3 is 0 Å². The minimum Gasteiger partial charge on any atom is -0.0683 e. The summed E-state index contributed by atoms with van der Waals surface area (Å²) in [6, 6.07) is 12.4. The molecule has 0 amide bonds. The van der Waals surface area contributed by atoms with Crippen molar-refractivity contribution in [1.29, 1.82) is 0 Å². The van der Waals surface area contributed by atoms with E-state index in [2.05, 4.69) is 38.7 Å². The van der Waals surface area contributed by atoms with Gasteiger partial charge < -0.3 is 0 Å².